The second-order valence-corrected chi connectivity index (χ2v) is 7.41. The monoisotopic (exact) mass is 381 g/mol. The Bertz CT molecular complexity index is 667. The van der Waals surface area contributed by atoms with E-state index in [0.29, 0.717) is 11.3 Å². The number of rotatable bonds is 5. The normalized spacial score (nSPS) is 16.9. The van der Waals surface area contributed by atoms with E-state index >= 15 is 0 Å². The quantitative estimate of drug-likeness (QED) is 0.446. The van der Waals surface area contributed by atoms with E-state index in [1.807, 2.05) is 0 Å². The minimum absolute atomic E-state index is 0.0418. The van der Waals surface area contributed by atoms with Crippen LogP contribution in [0.25, 0.3) is 0 Å². The summed E-state index contributed by atoms with van der Waals surface area (Å²) in [7, 11) is 0. The third-order valence-corrected chi connectivity index (χ3v) is 4.39. The zero-order valence-electron chi connectivity index (χ0n) is 13.7. The molecule has 2 rings (SSSR count). The van der Waals surface area contributed by atoms with Crippen LogP contribution in [0.2, 0.25) is 0 Å². The molecule has 1 aromatic carbocycles. The maximum Gasteiger partial charge on any atom is 0.326 e. The zero-order chi connectivity index (χ0) is 17.4. The van der Waals surface area contributed by atoms with E-state index < -0.39 is 11.4 Å². The Kier molecular flexibility index (Phi) is 4.94. The molecule has 23 heavy (non-hydrogen) atoms. The Balaban J connectivity index is 2.42. The van der Waals surface area contributed by atoms with Crippen LogP contribution in [0.15, 0.2) is 18.2 Å². The smallest absolute Gasteiger partial charge is 0.326 e. The molecule has 0 spiro atoms. The molecule has 0 aliphatic carbocycles. The summed E-state index contributed by atoms with van der Waals surface area (Å²) in [6, 6.07) is 5.16. The summed E-state index contributed by atoms with van der Waals surface area (Å²) in [5.41, 5.74) is 1.18. The number of anilines is 1. The van der Waals surface area contributed by atoms with Crippen molar-refractivity contribution in [1.82, 2.24) is 0 Å². The number of nitrogens with zero attached hydrogens (tertiary/aromatic N) is 1. The standard InChI is InChI=1S/C17H20BrNO4/c1-5-23-14(20)9-19-13-7-6-11(15(21)10(2)18)8-12(13)17(3,4)16(19)22/h6-8,10H,5,9H2,1-4H3. The van der Waals surface area contributed by atoms with Gasteiger partial charge in [-0.25, -0.2) is 0 Å². The van der Waals surface area contributed by atoms with Gasteiger partial charge in [-0.1, -0.05) is 15.9 Å². The fourth-order valence-electron chi connectivity index (χ4n) is 2.71. The zero-order valence-corrected chi connectivity index (χ0v) is 15.3. The van der Waals surface area contributed by atoms with Crippen molar-refractivity contribution in [1.29, 1.82) is 0 Å². The first kappa shape index (κ1) is 17.7. The number of benzene rings is 1. The van der Waals surface area contributed by atoms with Gasteiger partial charge in [0.15, 0.2) is 5.78 Å². The molecule has 0 saturated heterocycles. The first-order chi connectivity index (χ1) is 10.7. The predicted octanol–water partition coefficient (Wildman–Crippen LogP) is 2.84. The number of esters is 1. The summed E-state index contributed by atoms with van der Waals surface area (Å²) < 4.78 is 4.94. The fourth-order valence-corrected chi connectivity index (χ4v) is 2.97. The third-order valence-electron chi connectivity index (χ3n) is 3.98. The molecular formula is C17H20BrNO4. The van der Waals surface area contributed by atoms with Gasteiger partial charge in [-0.15, -0.1) is 0 Å². The minimum Gasteiger partial charge on any atom is -0.465 e. The lowest BCUT2D eigenvalue weighted by molar-refractivity contribution is -0.142. The molecule has 1 heterocycles. The first-order valence-electron chi connectivity index (χ1n) is 7.50. The maximum absolute atomic E-state index is 12.7. The molecule has 0 saturated carbocycles. The van der Waals surface area contributed by atoms with Crippen molar-refractivity contribution in [2.45, 2.75) is 37.9 Å². The lowest BCUT2D eigenvalue weighted by Crippen LogP contribution is -2.39. The summed E-state index contributed by atoms with van der Waals surface area (Å²) in [5, 5.41) is 0. The van der Waals surface area contributed by atoms with Crippen LogP contribution in [0.5, 0.6) is 0 Å². The average molecular weight is 382 g/mol. The highest BCUT2D eigenvalue weighted by Gasteiger charge is 2.44. The highest BCUT2D eigenvalue weighted by molar-refractivity contribution is 9.10. The molecule has 124 valence electrons. The maximum atomic E-state index is 12.7. The molecule has 1 amide bonds. The molecule has 1 aromatic rings. The second-order valence-electron chi connectivity index (χ2n) is 6.03. The van der Waals surface area contributed by atoms with Crippen molar-refractivity contribution in [2.75, 3.05) is 18.1 Å². The number of carbonyl (C=O) groups is 3. The summed E-state index contributed by atoms with van der Waals surface area (Å²) in [5.74, 6) is -0.657. The Morgan fingerprint density at radius 3 is 2.57 bits per heavy atom. The van der Waals surface area contributed by atoms with Crippen LogP contribution < -0.4 is 4.90 Å². The number of carbonyl (C=O) groups excluding carboxylic acids is 3. The van der Waals surface area contributed by atoms with Crippen LogP contribution in [0.4, 0.5) is 5.69 Å². The van der Waals surface area contributed by atoms with Crippen LogP contribution in [0.3, 0.4) is 0 Å². The molecule has 0 radical (unpaired) electrons. The van der Waals surface area contributed by atoms with Crippen molar-refractivity contribution in [3.05, 3.63) is 29.3 Å². The van der Waals surface area contributed by atoms with Gasteiger partial charge in [0.2, 0.25) is 5.91 Å². The minimum atomic E-state index is -0.784. The molecule has 5 nitrogen and oxygen atoms in total. The summed E-state index contributed by atoms with van der Waals surface area (Å²) in [6.07, 6.45) is 0. The molecule has 1 aliphatic rings. The van der Waals surface area contributed by atoms with E-state index in [2.05, 4.69) is 15.9 Å². The van der Waals surface area contributed by atoms with Gasteiger partial charge in [0, 0.05) is 11.3 Å². The summed E-state index contributed by atoms with van der Waals surface area (Å²) in [4.78, 5) is 37.7. The van der Waals surface area contributed by atoms with Crippen molar-refractivity contribution in [2.24, 2.45) is 0 Å². The van der Waals surface area contributed by atoms with Gasteiger partial charge >= 0.3 is 5.97 Å². The molecule has 0 aromatic heterocycles. The van der Waals surface area contributed by atoms with E-state index in [1.54, 1.807) is 45.9 Å². The van der Waals surface area contributed by atoms with Gasteiger partial charge in [0.1, 0.15) is 6.54 Å². The number of Topliss-reactive ketones (excluding diaryl/α,β-unsaturated/α-hetero) is 1. The third kappa shape index (κ3) is 3.17. The highest BCUT2D eigenvalue weighted by Crippen LogP contribution is 2.42. The van der Waals surface area contributed by atoms with Crippen molar-refractivity contribution < 1.29 is 19.1 Å². The molecule has 0 N–H and O–H groups in total. The Morgan fingerprint density at radius 2 is 2.00 bits per heavy atom. The Morgan fingerprint density at radius 1 is 1.35 bits per heavy atom. The van der Waals surface area contributed by atoms with Crippen LogP contribution >= 0.6 is 15.9 Å². The lowest BCUT2D eigenvalue weighted by Gasteiger charge is -2.19. The van der Waals surface area contributed by atoms with Crippen molar-refractivity contribution in [3.63, 3.8) is 0 Å². The van der Waals surface area contributed by atoms with E-state index in [1.165, 1.54) is 4.90 Å². The lowest BCUT2D eigenvalue weighted by atomic mass is 9.85. The Hall–Kier alpha value is -1.69. The van der Waals surface area contributed by atoms with E-state index in [-0.39, 0.29) is 29.7 Å². The number of ketones is 1. The van der Waals surface area contributed by atoms with Gasteiger partial charge in [0.05, 0.1) is 16.8 Å². The van der Waals surface area contributed by atoms with Gasteiger partial charge in [0.25, 0.3) is 0 Å². The second kappa shape index (κ2) is 6.43. The van der Waals surface area contributed by atoms with Crippen molar-refractivity contribution in [3.8, 4) is 0 Å². The predicted molar refractivity (Wildman–Crippen MR) is 91.2 cm³/mol. The first-order valence-corrected chi connectivity index (χ1v) is 8.42. The van der Waals surface area contributed by atoms with Crippen LogP contribution in [-0.2, 0) is 19.7 Å². The topological polar surface area (TPSA) is 63.7 Å². The number of hydrogen-bond donors (Lipinski definition) is 0. The molecule has 6 heteroatoms. The molecule has 0 bridgehead atoms. The van der Waals surface area contributed by atoms with Crippen LogP contribution in [-0.4, -0.2) is 35.6 Å². The van der Waals surface area contributed by atoms with Crippen LogP contribution in [0.1, 0.15) is 43.6 Å². The number of amides is 1. The van der Waals surface area contributed by atoms with E-state index in [0.717, 1.165) is 5.56 Å². The molecule has 0 fully saturated rings. The van der Waals surface area contributed by atoms with E-state index in [9.17, 15) is 14.4 Å². The van der Waals surface area contributed by atoms with Crippen LogP contribution in [0, 0.1) is 0 Å². The fraction of sp³-hybridized carbons (Fsp3) is 0.471. The number of halogens is 1. The molecule has 1 unspecified atom stereocenters. The van der Waals surface area contributed by atoms with Gasteiger partial charge in [-0.05, 0) is 51.5 Å². The van der Waals surface area contributed by atoms with E-state index in [4.69, 9.17) is 4.74 Å². The number of alkyl halides is 1. The Labute approximate surface area is 144 Å². The van der Waals surface area contributed by atoms with Crippen molar-refractivity contribution >= 4 is 39.3 Å². The largest absolute Gasteiger partial charge is 0.465 e. The number of fused-ring (bicyclic) bond motifs is 1. The number of hydrogen-bond acceptors (Lipinski definition) is 4. The molecule has 1 aliphatic heterocycles. The summed E-state index contributed by atoms with van der Waals surface area (Å²) >= 11 is 3.27. The SMILES string of the molecule is CCOC(=O)CN1C(=O)C(C)(C)c2cc(C(=O)C(C)Br)ccc21. The van der Waals surface area contributed by atoms with Gasteiger partial charge in [-0.2, -0.15) is 0 Å². The van der Waals surface area contributed by atoms with Gasteiger partial charge in [-0.3, -0.25) is 14.4 Å². The number of ether oxygens (including phenoxy) is 1. The summed E-state index contributed by atoms with van der Waals surface area (Å²) in [6.45, 7) is 7.23. The highest BCUT2D eigenvalue weighted by atomic mass is 79.9. The average Bonchev–Trinajstić information content (AvgIpc) is 2.67. The molecular weight excluding hydrogens is 362 g/mol. The molecule has 1 atom stereocenters. The van der Waals surface area contributed by atoms with Gasteiger partial charge < -0.3 is 9.64 Å².